The molecule has 3 heteroatoms. The molecule has 0 spiro atoms. The van der Waals surface area contributed by atoms with Gasteiger partial charge in [-0.3, -0.25) is 4.79 Å². The predicted molar refractivity (Wildman–Crippen MR) is 46.7 cm³/mol. The second-order valence-electron chi connectivity index (χ2n) is 2.59. The summed E-state index contributed by atoms with van der Waals surface area (Å²) in [7, 11) is 0. The van der Waals surface area contributed by atoms with Gasteiger partial charge in [-0.05, 0) is 12.8 Å². The molecule has 60 valence electrons. The fourth-order valence-corrected chi connectivity index (χ4v) is 0.953. The number of aliphatic carboxylic acids is 1. The summed E-state index contributed by atoms with van der Waals surface area (Å²) in [6, 6.07) is 0. The van der Waals surface area contributed by atoms with E-state index in [-0.39, 0.29) is 29.0 Å². The van der Waals surface area contributed by atoms with Crippen molar-refractivity contribution in [2.45, 2.75) is 39.5 Å². The summed E-state index contributed by atoms with van der Waals surface area (Å²) in [5.74, 6) is -0.754. The number of hydrogen-bond donors (Lipinski definition) is 1. The second kappa shape index (κ2) is 8.33. The number of carboxylic acid groups (broad SMARTS) is 1. The number of carboxylic acids is 1. The third kappa shape index (κ3) is 6.63. The van der Waals surface area contributed by atoms with Crippen molar-refractivity contribution in [2.24, 2.45) is 5.92 Å². The molecule has 0 aliphatic carbocycles. The number of unbranched alkanes of at least 4 members (excludes halogenated alkanes) is 1. The van der Waals surface area contributed by atoms with Crippen molar-refractivity contribution in [1.82, 2.24) is 0 Å². The molecule has 0 fully saturated rings. The minimum Gasteiger partial charge on any atom is -0.481 e. The summed E-state index contributed by atoms with van der Waals surface area (Å²) in [6.07, 6.45) is 3.71. The maximum Gasteiger partial charge on any atom is 2.00 e. The quantitative estimate of drug-likeness (QED) is 0.637. The van der Waals surface area contributed by atoms with Crippen LogP contribution in [0.25, 0.3) is 0 Å². The molecule has 0 heterocycles. The number of rotatable bonds is 5. The Hall–Kier alpha value is 0.236. The van der Waals surface area contributed by atoms with E-state index in [1.54, 1.807) is 0 Å². The van der Waals surface area contributed by atoms with Gasteiger partial charge in [-0.2, -0.15) is 0 Å². The molecule has 0 amide bonds. The third-order valence-corrected chi connectivity index (χ3v) is 1.75. The monoisotopic (exact) mass is 168 g/mol. The van der Waals surface area contributed by atoms with Crippen molar-refractivity contribution < 1.29 is 9.90 Å². The average Bonchev–Trinajstić information content (AvgIpc) is 1.89. The van der Waals surface area contributed by atoms with E-state index in [0.29, 0.717) is 0 Å². The van der Waals surface area contributed by atoms with Crippen molar-refractivity contribution >= 4 is 29.0 Å². The maximum absolute atomic E-state index is 10.4. The molecule has 2 nitrogen and oxygen atoms in total. The molecule has 0 rings (SSSR count). The number of hydrogen-bond acceptors (Lipinski definition) is 1. The van der Waals surface area contributed by atoms with Crippen molar-refractivity contribution in [2.75, 3.05) is 0 Å². The molecule has 0 aliphatic rings. The minimum absolute atomic E-state index is 0. The van der Waals surface area contributed by atoms with Crippen LogP contribution in [0.3, 0.4) is 0 Å². The zero-order valence-electron chi connectivity index (χ0n) is 7.47. The fraction of sp³-hybridized carbons (Fsp3) is 0.875. The molecule has 0 aromatic rings. The Bertz CT molecular complexity index is 104. The van der Waals surface area contributed by atoms with Crippen LogP contribution in [-0.4, -0.2) is 34.1 Å². The van der Waals surface area contributed by atoms with Gasteiger partial charge in [-0.25, -0.2) is 0 Å². The largest absolute Gasteiger partial charge is 2.00 e. The van der Waals surface area contributed by atoms with Gasteiger partial charge in [0.15, 0.2) is 0 Å². The summed E-state index contributed by atoms with van der Waals surface area (Å²) < 4.78 is 0. The second-order valence-corrected chi connectivity index (χ2v) is 2.59. The van der Waals surface area contributed by atoms with Gasteiger partial charge in [0.2, 0.25) is 0 Å². The predicted octanol–water partition coefficient (Wildman–Crippen LogP) is 1.91. The fourth-order valence-electron chi connectivity index (χ4n) is 0.953. The van der Waals surface area contributed by atoms with Gasteiger partial charge < -0.3 is 5.11 Å². The standard InChI is InChI=1S/C8H16O2.Mg/c1-3-5-6-7(4-2)8(9)10;/h7H,3-6H2,1-2H3,(H,9,10);/q;+2. The molecule has 0 saturated carbocycles. The van der Waals surface area contributed by atoms with E-state index < -0.39 is 5.97 Å². The molecule has 1 unspecified atom stereocenters. The first kappa shape index (κ1) is 13.8. The smallest absolute Gasteiger partial charge is 0.481 e. The molecular formula is C8H16MgO2+2. The molecule has 1 N–H and O–H groups in total. The van der Waals surface area contributed by atoms with Gasteiger partial charge in [0.25, 0.3) is 0 Å². The van der Waals surface area contributed by atoms with Crippen LogP contribution in [0.15, 0.2) is 0 Å². The van der Waals surface area contributed by atoms with Gasteiger partial charge in [0.05, 0.1) is 5.92 Å². The zero-order valence-corrected chi connectivity index (χ0v) is 8.88. The Morgan fingerprint density at radius 3 is 2.27 bits per heavy atom. The first-order chi connectivity index (χ1) is 4.72. The van der Waals surface area contributed by atoms with Gasteiger partial charge in [0, 0.05) is 0 Å². The molecule has 0 bridgehead atoms. The first-order valence-electron chi connectivity index (χ1n) is 3.95. The van der Waals surface area contributed by atoms with E-state index in [1.807, 2.05) is 6.92 Å². The average molecular weight is 169 g/mol. The molecule has 0 aromatic carbocycles. The van der Waals surface area contributed by atoms with Crippen LogP contribution in [0.4, 0.5) is 0 Å². The summed E-state index contributed by atoms with van der Waals surface area (Å²) in [6.45, 7) is 4.00. The van der Waals surface area contributed by atoms with Crippen molar-refractivity contribution in [3.8, 4) is 0 Å². The molecule has 0 aromatic heterocycles. The number of carbonyl (C=O) groups is 1. The van der Waals surface area contributed by atoms with Crippen molar-refractivity contribution in [3.05, 3.63) is 0 Å². The van der Waals surface area contributed by atoms with Crippen LogP contribution in [0.5, 0.6) is 0 Å². The van der Waals surface area contributed by atoms with Crippen LogP contribution in [0.2, 0.25) is 0 Å². The maximum atomic E-state index is 10.4. The van der Waals surface area contributed by atoms with E-state index in [2.05, 4.69) is 6.92 Å². The molecular weight excluding hydrogens is 152 g/mol. The van der Waals surface area contributed by atoms with Crippen LogP contribution >= 0.6 is 0 Å². The van der Waals surface area contributed by atoms with Crippen molar-refractivity contribution in [3.63, 3.8) is 0 Å². The topological polar surface area (TPSA) is 37.3 Å². The van der Waals surface area contributed by atoms with Crippen LogP contribution in [0.1, 0.15) is 39.5 Å². The minimum atomic E-state index is -0.643. The summed E-state index contributed by atoms with van der Waals surface area (Å²) in [5, 5.41) is 8.60. The Balaban J connectivity index is 0. The third-order valence-electron chi connectivity index (χ3n) is 1.75. The summed E-state index contributed by atoms with van der Waals surface area (Å²) >= 11 is 0. The first-order valence-corrected chi connectivity index (χ1v) is 3.95. The van der Waals surface area contributed by atoms with Gasteiger partial charge in [-0.15, -0.1) is 0 Å². The van der Waals surface area contributed by atoms with Crippen LogP contribution in [0, 0.1) is 5.92 Å². The van der Waals surface area contributed by atoms with E-state index in [9.17, 15) is 4.79 Å². The Labute approximate surface area is 84.5 Å². The van der Waals surface area contributed by atoms with Gasteiger partial charge >= 0.3 is 29.0 Å². The van der Waals surface area contributed by atoms with E-state index in [4.69, 9.17) is 5.11 Å². The summed E-state index contributed by atoms with van der Waals surface area (Å²) in [4.78, 5) is 10.4. The van der Waals surface area contributed by atoms with Gasteiger partial charge in [0.1, 0.15) is 0 Å². The van der Waals surface area contributed by atoms with Crippen LogP contribution < -0.4 is 0 Å². The van der Waals surface area contributed by atoms with Gasteiger partial charge in [-0.1, -0.05) is 26.7 Å². The molecule has 0 saturated heterocycles. The van der Waals surface area contributed by atoms with Crippen LogP contribution in [-0.2, 0) is 4.79 Å². The molecule has 11 heavy (non-hydrogen) atoms. The Kier molecular flexibility index (Phi) is 10.5. The normalized spacial score (nSPS) is 11.8. The van der Waals surface area contributed by atoms with E-state index >= 15 is 0 Å². The van der Waals surface area contributed by atoms with Crippen molar-refractivity contribution in [1.29, 1.82) is 0 Å². The molecule has 0 radical (unpaired) electrons. The molecule has 0 aliphatic heterocycles. The Morgan fingerprint density at radius 1 is 1.45 bits per heavy atom. The van der Waals surface area contributed by atoms with E-state index in [1.165, 1.54) is 0 Å². The Morgan fingerprint density at radius 2 is 2.00 bits per heavy atom. The summed E-state index contributed by atoms with van der Waals surface area (Å²) in [5.41, 5.74) is 0. The molecule has 1 atom stereocenters. The van der Waals surface area contributed by atoms with E-state index in [0.717, 1.165) is 25.7 Å². The zero-order chi connectivity index (χ0) is 7.98. The SMILES string of the molecule is CCCCC(CC)C(=O)O.[Mg+2].